The van der Waals surface area contributed by atoms with Crippen molar-refractivity contribution in [2.24, 2.45) is 17.8 Å². The molecule has 2 aromatic carbocycles. The van der Waals surface area contributed by atoms with E-state index in [1.165, 1.54) is 76.0 Å². The van der Waals surface area contributed by atoms with Crippen LogP contribution in [0.15, 0.2) is 36.4 Å². The van der Waals surface area contributed by atoms with Gasteiger partial charge in [0.1, 0.15) is 23.5 Å². The zero-order valence-electron chi connectivity index (χ0n) is 21.3. The van der Waals surface area contributed by atoms with Gasteiger partial charge in [0.05, 0.1) is 11.1 Å². The van der Waals surface area contributed by atoms with E-state index in [2.05, 4.69) is 6.92 Å². The number of hydrogen-bond donors (Lipinski definition) is 0. The van der Waals surface area contributed by atoms with Crippen molar-refractivity contribution >= 4 is 5.97 Å². The number of rotatable bonds is 9. The van der Waals surface area contributed by atoms with Crippen LogP contribution in [0.1, 0.15) is 111 Å². The number of ether oxygens (including phenoxy) is 1. The minimum atomic E-state index is -0.763. The summed E-state index contributed by atoms with van der Waals surface area (Å²) >= 11 is 0. The fourth-order valence-corrected chi connectivity index (χ4v) is 6.37. The Kier molecular flexibility index (Phi) is 9.13. The molecule has 5 heteroatoms. The second kappa shape index (κ2) is 12.5. The van der Waals surface area contributed by atoms with Crippen molar-refractivity contribution < 1.29 is 18.3 Å². The summed E-state index contributed by atoms with van der Waals surface area (Å²) < 4.78 is 34.1. The van der Waals surface area contributed by atoms with Gasteiger partial charge in [0, 0.05) is 6.07 Å². The highest BCUT2D eigenvalue weighted by atomic mass is 19.1. The first-order valence-electron chi connectivity index (χ1n) is 13.7. The highest BCUT2D eigenvalue weighted by Crippen LogP contribution is 2.48. The van der Waals surface area contributed by atoms with Crippen LogP contribution in [0.5, 0.6) is 5.75 Å². The number of nitrogens with zero attached hydrogens (tertiary/aromatic N) is 1. The minimum absolute atomic E-state index is 0.0177. The van der Waals surface area contributed by atoms with Crippen LogP contribution >= 0.6 is 0 Å². The molecule has 0 aliphatic heterocycles. The first kappa shape index (κ1) is 26.3. The summed E-state index contributed by atoms with van der Waals surface area (Å²) in [5.74, 6) is 0.611. The number of carbonyl (C=O) groups excluding carboxylic acids is 1. The van der Waals surface area contributed by atoms with Gasteiger partial charge in [-0.15, -0.1) is 0 Å². The third-order valence-corrected chi connectivity index (χ3v) is 8.39. The lowest BCUT2D eigenvalue weighted by Crippen LogP contribution is -2.30. The number of carbonyl (C=O) groups is 1. The van der Waals surface area contributed by atoms with E-state index in [0.717, 1.165) is 37.2 Å². The van der Waals surface area contributed by atoms with E-state index in [1.807, 2.05) is 0 Å². The predicted octanol–water partition coefficient (Wildman–Crippen LogP) is 8.72. The Morgan fingerprint density at radius 1 is 0.944 bits per heavy atom. The Morgan fingerprint density at radius 3 is 2.47 bits per heavy atom. The quantitative estimate of drug-likeness (QED) is 0.199. The highest BCUT2D eigenvalue weighted by molar-refractivity contribution is 5.91. The van der Waals surface area contributed by atoms with Gasteiger partial charge in [-0.25, -0.2) is 13.6 Å². The maximum absolute atomic E-state index is 15.1. The van der Waals surface area contributed by atoms with Gasteiger partial charge in [0.25, 0.3) is 0 Å². The summed E-state index contributed by atoms with van der Waals surface area (Å²) in [5.41, 5.74) is 0.650. The summed E-state index contributed by atoms with van der Waals surface area (Å²) in [5, 5.41) is 8.82. The molecule has 0 aromatic heterocycles. The number of halogens is 2. The molecule has 2 aromatic rings. The number of hydrogen-bond acceptors (Lipinski definition) is 3. The van der Waals surface area contributed by atoms with Gasteiger partial charge in [-0.3, -0.25) is 0 Å². The van der Waals surface area contributed by atoms with Gasteiger partial charge in [-0.05, 0) is 85.6 Å². The van der Waals surface area contributed by atoms with Crippen LogP contribution in [0, 0.1) is 40.7 Å². The zero-order chi connectivity index (χ0) is 25.5. The molecule has 0 radical (unpaired) electrons. The van der Waals surface area contributed by atoms with Crippen LogP contribution in [0.25, 0.3) is 0 Å². The fourth-order valence-electron chi connectivity index (χ4n) is 6.37. The zero-order valence-corrected chi connectivity index (χ0v) is 21.3. The number of benzene rings is 2. The average molecular weight is 494 g/mol. The van der Waals surface area contributed by atoms with Crippen molar-refractivity contribution in [1.82, 2.24) is 0 Å². The largest absolute Gasteiger partial charge is 0.423 e. The molecule has 0 spiro atoms. The van der Waals surface area contributed by atoms with Crippen molar-refractivity contribution in [2.45, 2.75) is 89.9 Å². The first-order valence-corrected chi connectivity index (χ1v) is 13.7. The predicted molar refractivity (Wildman–Crippen MR) is 137 cm³/mol. The molecule has 0 N–H and O–H groups in total. The Labute approximate surface area is 213 Å². The van der Waals surface area contributed by atoms with Gasteiger partial charge in [0.2, 0.25) is 0 Å². The molecule has 3 nitrogen and oxygen atoms in total. The van der Waals surface area contributed by atoms with Gasteiger partial charge in [-0.2, -0.15) is 5.26 Å². The fraction of sp³-hybridized carbons (Fsp3) is 0.548. The molecule has 36 heavy (non-hydrogen) atoms. The number of nitriles is 1. The number of fused-ring (bicyclic) bond motifs is 1. The number of esters is 1. The van der Waals surface area contributed by atoms with E-state index < -0.39 is 11.8 Å². The lowest BCUT2D eigenvalue weighted by Gasteiger charge is -2.42. The molecule has 2 fully saturated rings. The van der Waals surface area contributed by atoms with Crippen molar-refractivity contribution in [3.05, 3.63) is 64.7 Å². The van der Waals surface area contributed by atoms with Crippen LogP contribution in [0.2, 0.25) is 0 Å². The molecule has 0 saturated heterocycles. The van der Waals surface area contributed by atoms with Gasteiger partial charge in [0.15, 0.2) is 0 Å². The normalized spacial score (nSPS) is 23.5. The third kappa shape index (κ3) is 6.52. The molecule has 4 atom stereocenters. The molecule has 0 bridgehead atoms. The maximum Gasteiger partial charge on any atom is 0.343 e. The van der Waals surface area contributed by atoms with E-state index in [4.69, 9.17) is 10.00 Å². The van der Waals surface area contributed by atoms with Crippen LogP contribution < -0.4 is 4.74 Å². The van der Waals surface area contributed by atoms with E-state index in [9.17, 15) is 9.18 Å². The van der Waals surface area contributed by atoms with Crippen LogP contribution in [-0.4, -0.2) is 5.97 Å². The molecular weight excluding hydrogens is 456 g/mol. The lowest BCUT2D eigenvalue weighted by atomic mass is 9.63. The Morgan fingerprint density at radius 2 is 1.72 bits per heavy atom. The van der Waals surface area contributed by atoms with Crippen molar-refractivity contribution in [3.63, 3.8) is 0 Å². The molecule has 2 saturated carbocycles. The second-order valence-electron chi connectivity index (χ2n) is 10.8. The molecule has 4 unspecified atom stereocenters. The highest BCUT2D eigenvalue weighted by Gasteiger charge is 2.36. The Hall–Kier alpha value is -2.74. The lowest BCUT2D eigenvalue weighted by molar-refractivity contribution is 0.0733. The third-order valence-electron chi connectivity index (χ3n) is 8.39. The SMILES string of the molecule is CCCCCCCC1CCC2CC(c3ccc(C(=O)Oc4ccc(C#N)c(F)c4)cc3F)CCC2C1. The Bertz CT molecular complexity index is 1090. The standard InChI is InChI=1S/C31H37F2NO2/c1-2-3-4-5-6-7-21-8-9-23-17-24(11-10-22(23)16-21)28-15-13-25(18-30(28)33)31(35)36-27-14-12-26(20-34)29(32)19-27/h12-15,18-19,21-24H,2-11,16-17H2,1H3. The maximum atomic E-state index is 15.1. The van der Waals surface area contributed by atoms with Crippen LogP contribution in [0.3, 0.4) is 0 Å². The minimum Gasteiger partial charge on any atom is -0.423 e. The van der Waals surface area contributed by atoms with E-state index in [0.29, 0.717) is 11.5 Å². The molecule has 2 aliphatic rings. The summed E-state index contributed by atoms with van der Waals surface area (Å²) in [6.07, 6.45) is 15.2. The monoisotopic (exact) mass is 493 g/mol. The van der Waals surface area contributed by atoms with Crippen LogP contribution in [0.4, 0.5) is 8.78 Å². The molecule has 4 rings (SSSR count). The second-order valence-corrected chi connectivity index (χ2v) is 10.8. The van der Waals surface area contributed by atoms with E-state index >= 15 is 4.39 Å². The molecule has 0 amide bonds. The molecule has 2 aliphatic carbocycles. The van der Waals surface area contributed by atoms with Crippen molar-refractivity contribution in [2.75, 3.05) is 0 Å². The summed E-state index contributed by atoms with van der Waals surface area (Å²) in [4.78, 5) is 12.5. The van der Waals surface area contributed by atoms with Crippen molar-refractivity contribution in [1.29, 1.82) is 5.26 Å². The van der Waals surface area contributed by atoms with E-state index in [-0.39, 0.29) is 28.6 Å². The first-order chi connectivity index (χ1) is 17.5. The summed E-state index contributed by atoms with van der Waals surface area (Å²) in [6.45, 7) is 2.26. The molecule has 0 heterocycles. The van der Waals surface area contributed by atoms with E-state index in [1.54, 1.807) is 18.2 Å². The van der Waals surface area contributed by atoms with Crippen LogP contribution in [-0.2, 0) is 0 Å². The van der Waals surface area contributed by atoms with Gasteiger partial charge >= 0.3 is 5.97 Å². The summed E-state index contributed by atoms with van der Waals surface area (Å²) in [6, 6.07) is 9.86. The average Bonchev–Trinajstić information content (AvgIpc) is 2.88. The number of unbranched alkanes of at least 4 members (excludes halogenated alkanes) is 4. The van der Waals surface area contributed by atoms with Gasteiger partial charge in [-0.1, -0.05) is 57.9 Å². The summed E-state index contributed by atoms with van der Waals surface area (Å²) in [7, 11) is 0. The molecular formula is C31H37F2NO2. The molecule has 192 valence electrons. The van der Waals surface area contributed by atoms with Gasteiger partial charge < -0.3 is 4.74 Å². The Balaban J connectivity index is 1.31. The van der Waals surface area contributed by atoms with Crippen molar-refractivity contribution in [3.8, 4) is 11.8 Å². The topological polar surface area (TPSA) is 50.1 Å². The smallest absolute Gasteiger partial charge is 0.343 e.